The van der Waals surface area contributed by atoms with Gasteiger partial charge < -0.3 is 14.2 Å². The number of hydrogen-bond acceptors (Lipinski definition) is 6. The fraction of sp³-hybridized carbons (Fsp3) is 0.661. The molecule has 0 saturated heterocycles. The fourth-order valence-corrected chi connectivity index (χ4v) is 7.36. The van der Waals surface area contributed by atoms with Gasteiger partial charge in [-0.25, -0.2) is 0 Å². The molecule has 6 heteroatoms. The van der Waals surface area contributed by atoms with E-state index < -0.39 is 6.10 Å². The molecule has 1 unspecified atom stereocenters. The lowest BCUT2D eigenvalue weighted by molar-refractivity contribution is -0.167. The summed E-state index contributed by atoms with van der Waals surface area (Å²) in [5, 5.41) is 0. The Labute approximate surface area is 419 Å². The van der Waals surface area contributed by atoms with Crippen molar-refractivity contribution in [3.63, 3.8) is 0 Å². The molecule has 0 aliphatic heterocycles. The van der Waals surface area contributed by atoms with Crippen LogP contribution in [0.3, 0.4) is 0 Å². The van der Waals surface area contributed by atoms with Crippen molar-refractivity contribution in [3.8, 4) is 0 Å². The van der Waals surface area contributed by atoms with E-state index in [0.29, 0.717) is 19.3 Å². The average molecular weight is 943 g/mol. The lowest BCUT2D eigenvalue weighted by atomic mass is 10.1. The molecule has 386 valence electrons. The molecule has 0 fully saturated rings. The summed E-state index contributed by atoms with van der Waals surface area (Å²) in [6.07, 6.45) is 75.0. The monoisotopic (exact) mass is 943 g/mol. The lowest BCUT2D eigenvalue weighted by Crippen LogP contribution is -2.30. The Morgan fingerprint density at radius 1 is 0.309 bits per heavy atom. The van der Waals surface area contributed by atoms with E-state index in [2.05, 4.69) is 130 Å². The van der Waals surface area contributed by atoms with E-state index >= 15 is 0 Å². The third kappa shape index (κ3) is 53.0. The number of carbonyl (C=O) groups excluding carboxylic acids is 3. The minimum Gasteiger partial charge on any atom is -0.462 e. The SMILES string of the molecule is CC/C=C\C/C=C\C/C=C\C/C=C\C/C=C\CCCCCCCCCC(=O)OCC(COC(=O)CCCCCCC/C=C\CCCCC)OC(=O)CCCCCCC/C=C\C/C=C\C/C=C\CC. The molecule has 0 aromatic carbocycles. The van der Waals surface area contributed by atoms with Gasteiger partial charge in [-0.2, -0.15) is 0 Å². The van der Waals surface area contributed by atoms with Crippen LogP contribution in [-0.2, 0) is 28.6 Å². The molecule has 0 aliphatic rings. The second-order valence-corrected chi connectivity index (χ2v) is 18.1. The van der Waals surface area contributed by atoms with E-state index in [1.54, 1.807) is 0 Å². The van der Waals surface area contributed by atoms with Crippen molar-refractivity contribution >= 4 is 17.9 Å². The maximum atomic E-state index is 12.8. The first-order chi connectivity index (χ1) is 33.5. The molecular weight excluding hydrogens is 841 g/mol. The number of unbranched alkanes of at least 4 members (excludes halogenated alkanes) is 20. The van der Waals surface area contributed by atoms with Crippen LogP contribution in [0, 0.1) is 0 Å². The zero-order chi connectivity index (χ0) is 49.3. The van der Waals surface area contributed by atoms with Gasteiger partial charge >= 0.3 is 17.9 Å². The van der Waals surface area contributed by atoms with Crippen LogP contribution in [-0.4, -0.2) is 37.2 Å². The Bertz CT molecular complexity index is 1410. The van der Waals surface area contributed by atoms with Crippen LogP contribution in [0.4, 0.5) is 0 Å². The summed E-state index contributed by atoms with van der Waals surface area (Å²) in [6, 6.07) is 0. The maximum Gasteiger partial charge on any atom is 0.306 e. The summed E-state index contributed by atoms with van der Waals surface area (Å²) in [5.74, 6) is -0.933. The van der Waals surface area contributed by atoms with Crippen molar-refractivity contribution < 1.29 is 28.6 Å². The fourth-order valence-electron chi connectivity index (χ4n) is 7.36. The van der Waals surface area contributed by atoms with Crippen LogP contribution in [0.5, 0.6) is 0 Å². The summed E-state index contributed by atoms with van der Waals surface area (Å²) in [4.78, 5) is 38.1. The van der Waals surface area contributed by atoms with Gasteiger partial charge in [0.05, 0.1) is 0 Å². The minimum absolute atomic E-state index is 0.0945. The van der Waals surface area contributed by atoms with E-state index in [0.717, 1.165) is 148 Å². The topological polar surface area (TPSA) is 78.9 Å². The average Bonchev–Trinajstić information content (AvgIpc) is 3.34. The second-order valence-electron chi connectivity index (χ2n) is 18.1. The van der Waals surface area contributed by atoms with Crippen LogP contribution in [0.1, 0.15) is 245 Å². The van der Waals surface area contributed by atoms with Gasteiger partial charge in [-0.15, -0.1) is 0 Å². The number of rotatable bonds is 49. The van der Waals surface area contributed by atoms with E-state index in [1.807, 2.05) is 0 Å². The van der Waals surface area contributed by atoms with Gasteiger partial charge in [0.25, 0.3) is 0 Å². The van der Waals surface area contributed by atoms with Crippen LogP contribution in [0.15, 0.2) is 109 Å². The summed E-state index contributed by atoms with van der Waals surface area (Å²) in [5.41, 5.74) is 0. The van der Waals surface area contributed by atoms with Crippen molar-refractivity contribution in [2.75, 3.05) is 13.2 Å². The van der Waals surface area contributed by atoms with E-state index in [9.17, 15) is 14.4 Å². The molecule has 0 rings (SSSR count). The van der Waals surface area contributed by atoms with Gasteiger partial charge in [-0.05, 0) is 122 Å². The highest BCUT2D eigenvalue weighted by Crippen LogP contribution is 2.14. The first-order valence-corrected chi connectivity index (χ1v) is 27.9. The third-order valence-corrected chi connectivity index (χ3v) is 11.5. The van der Waals surface area contributed by atoms with Gasteiger partial charge in [-0.1, -0.05) is 214 Å². The van der Waals surface area contributed by atoms with Crippen LogP contribution >= 0.6 is 0 Å². The summed E-state index contributed by atoms with van der Waals surface area (Å²) in [7, 11) is 0. The van der Waals surface area contributed by atoms with E-state index in [-0.39, 0.29) is 31.1 Å². The molecule has 1 atom stereocenters. The zero-order valence-electron chi connectivity index (χ0n) is 44.1. The third-order valence-electron chi connectivity index (χ3n) is 11.5. The smallest absolute Gasteiger partial charge is 0.306 e. The Balaban J connectivity index is 4.39. The Hall–Kier alpha value is -3.93. The van der Waals surface area contributed by atoms with Gasteiger partial charge in [0.1, 0.15) is 13.2 Å². The van der Waals surface area contributed by atoms with Crippen LogP contribution in [0.25, 0.3) is 0 Å². The Kier molecular flexibility index (Phi) is 52.4. The molecule has 0 saturated carbocycles. The molecule has 0 aromatic heterocycles. The molecule has 0 spiro atoms. The first kappa shape index (κ1) is 64.1. The van der Waals surface area contributed by atoms with Crippen molar-refractivity contribution in [2.24, 2.45) is 0 Å². The molecule has 0 aliphatic carbocycles. The van der Waals surface area contributed by atoms with Crippen molar-refractivity contribution in [3.05, 3.63) is 109 Å². The molecule has 0 bridgehead atoms. The van der Waals surface area contributed by atoms with Crippen molar-refractivity contribution in [1.29, 1.82) is 0 Å². The highest BCUT2D eigenvalue weighted by atomic mass is 16.6. The lowest BCUT2D eigenvalue weighted by Gasteiger charge is -2.18. The van der Waals surface area contributed by atoms with Crippen molar-refractivity contribution in [2.45, 2.75) is 252 Å². The standard InChI is InChI=1S/C62H102O6/c1-4-7-10-13-16-19-22-25-27-28-29-30-31-32-33-34-36-37-40-43-46-49-52-55-61(64)67-58-59(57-66-60(63)54-51-48-45-42-39-24-21-18-15-12-9-6-3)68-62(65)56-53-50-47-44-41-38-35-26-23-20-17-14-11-8-5-2/h7-8,10-11,16-21,25-27,29-30,32-33,35,59H,4-6,9,12-15,22-24,28,31,34,36-58H2,1-3H3/b10-7-,11-8-,19-16-,20-17-,21-18-,27-25-,30-29-,33-32-,35-26-. The Morgan fingerprint density at radius 3 is 0.912 bits per heavy atom. The number of hydrogen-bond donors (Lipinski definition) is 0. The molecule has 0 N–H and O–H groups in total. The van der Waals surface area contributed by atoms with Gasteiger partial charge in [-0.3, -0.25) is 14.4 Å². The van der Waals surface area contributed by atoms with Gasteiger partial charge in [0.15, 0.2) is 6.10 Å². The summed E-state index contributed by atoms with van der Waals surface area (Å²) < 4.78 is 16.8. The summed E-state index contributed by atoms with van der Waals surface area (Å²) in [6.45, 7) is 6.35. The summed E-state index contributed by atoms with van der Waals surface area (Å²) >= 11 is 0. The molecule has 0 heterocycles. The molecule has 68 heavy (non-hydrogen) atoms. The van der Waals surface area contributed by atoms with Gasteiger partial charge in [0.2, 0.25) is 0 Å². The predicted molar refractivity (Wildman–Crippen MR) is 293 cm³/mol. The minimum atomic E-state index is -0.797. The Morgan fingerprint density at radius 2 is 0.574 bits per heavy atom. The quantitative estimate of drug-likeness (QED) is 0.0262. The molecular formula is C62H102O6. The zero-order valence-corrected chi connectivity index (χ0v) is 44.1. The number of carbonyl (C=O) groups is 3. The molecule has 0 amide bonds. The first-order valence-electron chi connectivity index (χ1n) is 27.9. The van der Waals surface area contributed by atoms with Crippen LogP contribution < -0.4 is 0 Å². The van der Waals surface area contributed by atoms with E-state index in [1.165, 1.54) is 57.8 Å². The largest absolute Gasteiger partial charge is 0.462 e. The highest BCUT2D eigenvalue weighted by molar-refractivity contribution is 5.71. The highest BCUT2D eigenvalue weighted by Gasteiger charge is 2.19. The van der Waals surface area contributed by atoms with E-state index in [4.69, 9.17) is 14.2 Å². The molecule has 0 aromatic rings. The number of esters is 3. The molecule has 6 nitrogen and oxygen atoms in total. The predicted octanol–water partition coefficient (Wildman–Crippen LogP) is 18.7. The van der Waals surface area contributed by atoms with Crippen LogP contribution in [0.2, 0.25) is 0 Å². The normalized spacial score (nSPS) is 12.9. The number of allylic oxidation sites excluding steroid dienone is 18. The molecule has 0 radical (unpaired) electrons. The van der Waals surface area contributed by atoms with Crippen molar-refractivity contribution in [1.82, 2.24) is 0 Å². The number of ether oxygens (including phenoxy) is 3. The maximum absolute atomic E-state index is 12.8. The van der Waals surface area contributed by atoms with Gasteiger partial charge in [0, 0.05) is 19.3 Å². The second kappa shape index (κ2) is 55.7.